The number of likely N-dealkylation sites (N-methyl/N-ethyl adjacent to an activating group) is 2. The van der Waals surface area contributed by atoms with Crippen molar-refractivity contribution in [2.45, 2.75) is 25.8 Å². The first kappa shape index (κ1) is 14.5. The molecule has 0 aliphatic rings. The fraction of sp³-hybridized carbons (Fsp3) is 0.571. The predicted molar refractivity (Wildman–Crippen MR) is 75.8 cm³/mol. The second-order valence-corrected chi connectivity index (χ2v) is 5.58. The molecule has 2 nitrogen and oxygen atoms in total. The van der Waals surface area contributed by atoms with Crippen LogP contribution < -0.4 is 5.32 Å². The molecule has 0 unspecified atom stereocenters. The van der Waals surface area contributed by atoms with Crippen molar-refractivity contribution in [1.82, 2.24) is 10.2 Å². The lowest BCUT2D eigenvalue weighted by atomic mass is 10.0. The molecule has 0 spiro atoms. The van der Waals surface area contributed by atoms with Crippen molar-refractivity contribution in [2.75, 3.05) is 27.2 Å². The van der Waals surface area contributed by atoms with E-state index in [0.717, 1.165) is 24.5 Å². The Kier molecular flexibility index (Phi) is 5.44. The summed E-state index contributed by atoms with van der Waals surface area (Å²) < 4.78 is 0. The summed E-state index contributed by atoms with van der Waals surface area (Å²) in [7, 11) is 4.17. The largest absolute Gasteiger partial charge is 0.318 e. The number of rotatable bonds is 6. The normalized spacial score (nSPS) is 12.1. The van der Waals surface area contributed by atoms with Crippen LogP contribution in [0.15, 0.2) is 24.3 Å². The highest BCUT2D eigenvalue weighted by molar-refractivity contribution is 6.30. The smallest absolute Gasteiger partial charge is 0.0406 e. The van der Waals surface area contributed by atoms with Crippen LogP contribution in [0.5, 0.6) is 0 Å². The molecule has 0 atom stereocenters. The molecule has 1 aromatic rings. The average molecular weight is 255 g/mol. The van der Waals surface area contributed by atoms with E-state index in [-0.39, 0.29) is 5.54 Å². The number of hydrogen-bond donors (Lipinski definition) is 1. The minimum Gasteiger partial charge on any atom is -0.318 e. The van der Waals surface area contributed by atoms with Crippen LogP contribution in [0.1, 0.15) is 19.4 Å². The van der Waals surface area contributed by atoms with Crippen LogP contribution in [0, 0.1) is 0 Å². The van der Waals surface area contributed by atoms with Crippen molar-refractivity contribution in [3.05, 3.63) is 34.9 Å². The Morgan fingerprint density at radius 2 is 1.82 bits per heavy atom. The van der Waals surface area contributed by atoms with E-state index in [9.17, 15) is 0 Å². The van der Waals surface area contributed by atoms with Crippen LogP contribution in [0.25, 0.3) is 0 Å². The topological polar surface area (TPSA) is 15.3 Å². The van der Waals surface area contributed by atoms with Gasteiger partial charge in [0.15, 0.2) is 0 Å². The van der Waals surface area contributed by atoms with E-state index in [4.69, 9.17) is 11.6 Å². The lowest BCUT2D eigenvalue weighted by Crippen LogP contribution is -2.48. The molecule has 0 saturated heterocycles. The Labute approximate surface area is 110 Å². The van der Waals surface area contributed by atoms with E-state index in [0.29, 0.717) is 0 Å². The van der Waals surface area contributed by atoms with Crippen LogP contribution in [0.2, 0.25) is 5.02 Å². The summed E-state index contributed by atoms with van der Waals surface area (Å²) in [5.41, 5.74) is 1.52. The number of benzene rings is 1. The standard InChI is InChI=1S/C14H23ClN2/c1-14(2,11-16-3)17(4)10-9-12-5-7-13(15)8-6-12/h5-8,16H,9-11H2,1-4H3. The highest BCUT2D eigenvalue weighted by Crippen LogP contribution is 2.14. The van der Waals surface area contributed by atoms with Crippen molar-refractivity contribution in [1.29, 1.82) is 0 Å². The van der Waals surface area contributed by atoms with Gasteiger partial charge in [-0.25, -0.2) is 0 Å². The van der Waals surface area contributed by atoms with Gasteiger partial charge in [0.25, 0.3) is 0 Å². The van der Waals surface area contributed by atoms with E-state index in [1.165, 1.54) is 5.56 Å². The maximum atomic E-state index is 5.87. The lowest BCUT2D eigenvalue weighted by molar-refractivity contribution is 0.157. The third kappa shape index (κ3) is 4.66. The molecule has 0 aromatic heterocycles. The molecule has 0 fully saturated rings. The maximum absolute atomic E-state index is 5.87. The van der Waals surface area contributed by atoms with Crippen molar-refractivity contribution >= 4 is 11.6 Å². The first-order valence-corrected chi connectivity index (χ1v) is 6.44. The molecule has 0 saturated carbocycles. The zero-order valence-electron chi connectivity index (χ0n) is 11.3. The molecule has 0 heterocycles. The molecule has 0 amide bonds. The van der Waals surface area contributed by atoms with Gasteiger partial charge in [-0.05, 0) is 52.1 Å². The van der Waals surface area contributed by atoms with Crippen LogP contribution in [-0.4, -0.2) is 37.6 Å². The Morgan fingerprint density at radius 1 is 1.24 bits per heavy atom. The minimum atomic E-state index is 0.182. The molecule has 0 bridgehead atoms. The Hall–Kier alpha value is -0.570. The predicted octanol–water partition coefficient (Wildman–Crippen LogP) is 2.81. The lowest BCUT2D eigenvalue weighted by Gasteiger charge is -2.35. The Morgan fingerprint density at radius 3 is 2.35 bits per heavy atom. The van der Waals surface area contributed by atoms with E-state index in [1.807, 2.05) is 19.2 Å². The summed E-state index contributed by atoms with van der Waals surface area (Å²) in [6.45, 7) is 6.55. The molecule has 96 valence electrons. The van der Waals surface area contributed by atoms with Gasteiger partial charge < -0.3 is 5.32 Å². The summed E-state index contributed by atoms with van der Waals surface area (Å²) in [6.07, 6.45) is 1.06. The number of halogens is 1. The number of hydrogen-bond acceptors (Lipinski definition) is 2. The van der Waals surface area contributed by atoms with Gasteiger partial charge in [-0.2, -0.15) is 0 Å². The molecule has 0 radical (unpaired) electrons. The fourth-order valence-electron chi connectivity index (χ4n) is 1.82. The average Bonchev–Trinajstić information content (AvgIpc) is 2.27. The minimum absolute atomic E-state index is 0.182. The van der Waals surface area contributed by atoms with Crippen molar-refractivity contribution < 1.29 is 0 Å². The molecule has 0 aliphatic heterocycles. The van der Waals surface area contributed by atoms with Gasteiger partial charge in [0.05, 0.1) is 0 Å². The molecule has 1 N–H and O–H groups in total. The SMILES string of the molecule is CNCC(C)(C)N(C)CCc1ccc(Cl)cc1. The Balaban J connectivity index is 2.47. The van der Waals surface area contributed by atoms with Crippen LogP contribution in [0.3, 0.4) is 0 Å². The maximum Gasteiger partial charge on any atom is 0.0406 e. The van der Waals surface area contributed by atoms with Crippen LogP contribution in [-0.2, 0) is 6.42 Å². The van der Waals surface area contributed by atoms with Crippen molar-refractivity contribution in [3.63, 3.8) is 0 Å². The van der Waals surface area contributed by atoms with Crippen LogP contribution in [0.4, 0.5) is 0 Å². The zero-order chi connectivity index (χ0) is 12.9. The third-order valence-corrected chi connectivity index (χ3v) is 3.54. The zero-order valence-corrected chi connectivity index (χ0v) is 12.0. The molecule has 0 aliphatic carbocycles. The molecule has 3 heteroatoms. The summed E-state index contributed by atoms with van der Waals surface area (Å²) in [5.74, 6) is 0. The van der Waals surface area contributed by atoms with Crippen molar-refractivity contribution in [2.24, 2.45) is 0 Å². The van der Waals surface area contributed by atoms with Gasteiger partial charge in [-0.15, -0.1) is 0 Å². The summed E-state index contributed by atoms with van der Waals surface area (Å²) in [4.78, 5) is 2.39. The third-order valence-electron chi connectivity index (χ3n) is 3.29. The van der Waals surface area contributed by atoms with Crippen LogP contribution >= 0.6 is 11.6 Å². The van der Waals surface area contributed by atoms with Gasteiger partial charge in [0.1, 0.15) is 0 Å². The second kappa shape index (κ2) is 6.39. The molecule has 1 aromatic carbocycles. The van der Waals surface area contributed by atoms with E-state index < -0.39 is 0 Å². The van der Waals surface area contributed by atoms with Crippen molar-refractivity contribution in [3.8, 4) is 0 Å². The van der Waals surface area contributed by atoms with Gasteiger partial charge in [-0.3, -0.25) is 4.90 Å². The van der Waals surface area contributed by atoms with E-state index in [1.54, 1.807) is 0 Å². The summed E-state index contributed by atoms with van der Waals surface area (Å²) >= 11 is 5.87. The molecule has 1 rings (SSSR count). The molecular formula is C14H23ClN2. The Bertz CT molecular complexity index is 333. The quantitative estimate of drug-likeness (QED) is 0.840. The van der Waals surface area contributed by atoms with Gasteiger partial charge in [0.2, 0.25) is 0 Å². The van der Waals surface area contributed by atoms with E-state index in [2.05, 4.69) is 43.2 Å². The van der Waals surface area contributed by atoms with Gasteiger partial charge in [-0.1, -0.05) is 23.7 Å². The first-order chi connectivity index (χ1) is 7.95. The summed E-state index contributed by atoms with van der Waals surface area (Å²) in [6, 6.07) is 8.10. The fourth-order valence-corrected chi connectivity index (χ4v) is 1.94. The summed E-state index contributed by atoms with van der Waals surface area (Å²) in [5, 5.41) is 4.04. The monoisotopic (exact) mass is 254 g/mol. The number of nitrogens with zero attached hydrogens (tertiary/aromatic N) is 1. The number of nitrogens with one attached hydrogen (secondary N) is 1. The van der Waals surface area contributed by atoms with E-state index >= 15 is 0 Å². The van der Waals surface area contributed by atoms with Gasteiger partial charge in [0, 0.05) is 23.7 Å². The molecule has 17 heavy (non-hydrogen) atoms. The second-order valence-electron chi connectivity index (χ2n) is 5.14. The van der Waals surface area contributed by atoms with Gasteiger partial charge >= 0.3 is 0 Å². The highest BCUT2D eigenvalue weighted by Gasteiger charge is 2.21. The molecular weight excluding hydrogens is 232 g/mol. The highest BCUT2D eigenvalue weighted by atomic mass is 35.5. The first-order valence-electron chi connectivity index (χ1n) is 6.06.